The fourth-order valence-corrected chi connectivity index (χ4v) is 6.43. The minimum atomic E-state index is -3.73. The molecular weight excluding hydrogens is 488 g/mol. The Kier molecular flexibility index (Phi) is 7.11. The van der Waals surface area contributed by atoms with E-state index in [0.29, 0.717) is 36.8 Å². The number of hydrogen-bond donors (Lipinski definition) is 1. The molecule has 2 heterocycles. The van der Waals surface area contributed by atoms with Crippen LogP contribution in [0.25, 0.3) is 0 Å². The van der Waals surface area contributed by atoms with Gasteiger partial charge in [-0.25, -0.2) is 8.42 Å². The monoisotopic (exact) mass is 520 g/mol. The molecule has 1 amide bonds. The molecule has 7 nitrogen and oxygen atoms in total. The zero-order valence-corrected chi connectivity index (χ0v) is 22.0. The smallest absolute Gasteiger partial charge is 0.264 e. The molecule has 0 bridgehead atoms. The van der Waals surface area contributed by atoms with Crippen molar-refractivity contribution < 1.29 is 22.7 Å². The Labute approximate surface area is 218 Å². The molecule has 0 aromatic heterocycles. The van der Waals surface area contributed by atoms with Gasteiger partial charge >= 0.3 is 0 Å². The fraction of sp³-hybridized carbons (Fsp3) is 0.345. The summed E-state index contributed by atoms with van der Waals surface area (Å²) in [6, 6.07) is 19.3. The maximum Gasteiger partial charge on any atom is 0.264 e. The van der Waals surface area contributed by atoms with Crippen LogP contribution in [0.15, 0.2) is 71.6 Å². The Morgan fingerprint density at radius 1 is 0.919 bits per heavy atom. The van der Waals surface area contributed by atoms with Crippen molar-refractivity contribution in [3.8, 4) is 11.5 Å². The summed E-state index contributed by atoms with van der Waals surface area (Å²) in [7, 11) is -3.73. The second-order valence-electron chi connectivity index (χ2n) is 9.79. The van der Waals surface area contributed by atoms with Gasteiger partial charge in [0, 0.05) is 18.5 Å². The molecule has 0 fully saturated rings. The molecule has 3 aromatic rings. The lowest BCUT2D eigenvalue weighted by molar-refractivity contribution is 0.0925. The zero-order valence-electron chi connectivity index (χ0n) is 21.1. The van der Waals surface area contributed by atoms with Crippen LogP contribution >= 0.6 is 0 Å². The summed E-state index contributed by atoms with van der Waals surface area (Å²) in [4.78, 5) is 13.3. The highest BCUT2D eigenvalue weighted by Gasteiger charge is 2.29. The Hall–Kier alpha value is -3.52. The predicted molar refractivity (Wildman–Crippen MR) is 143 cm³/mol. The lowest BCUT2D eigenvalue weighted by atomic mass is 9.95. The third-order valence-corrected chi connectivity index (χ3v) is 8.68. The number of nitrogens with one attached hydrogen (secondary N) is 1. The van der Waals surface area contributed by atoms with Crippen molar-refractivity contribution in [3.05, 3.63) is 83.4 Å². The molecule has 2 aliphatic heterocycles. The molecule has 2 aliphatic rings. The number of hydrogen-bond acceptors (Lipinski definition) is 5. The molecule has 0 radical (unpaired) electrons. The predicted octanol–water partition coefficient (Wildman–Crippen LogP) is 5.12. The molecule has 194 valence electrons. The van der Waals surface area contributed by atoms with Gasteiger partial charge in [0.25, 0.3) is 15.9 Å². The number of benzene rings is 3. The first-order chi connectivity index (χ1) is 17.8. The summed E-state index contributed by atoms with van der Waals surface area (Å²) in [5.41, 5.74) is 3.09. The second kappa shape index (κ2) is 10.5. The van der Waals surface area contributed by atoms with Gasteiger partial charge in [0.1, 0.15) is 0 Å². The van der Waals surface area contributed by atoms with E-state index in [1.54, 1.807) is 12.1 Å². The number of amides is 1. The first kappa shape index (κ1) is 25.1. The average Bonchev–Trinajstić information content (AvgIpc) is 3.16. The van der Waals surface area contributed by atoms with Gasteiger partial charge in [0.2, 0.25) is 0 Å². The number of rotatable bonds is 6. The SMILES string of the molecule is CC(C)C(NC(=O)c1ccc(S(=O)(=O)N2CCCc3ccccc32)cc1)c1ccc2c(c1)OCCCO2. The number of carbonyl (C=O) groups excluding carboxylic acids is 1. The fourth-order valence-electron chi connectivity index (χ4n) is 4.89. The number of carbonyl (C=O) groups is 1. The Balaban J connectivity index is 1.34. The number of ether oxygens (including phenoxy) is 2. The molecule has 8 heteroatoms. The van der Waals surface area contributed by atoms with Crippen LogP contribution in [-0.4, -0.2) is 34.1 Å². The number of nitrogens with zero attached hydrogens (tertiary/aromatic N) is 1. The maximum absolute atomic E-state index is 13.4. The minimum Gasteiger partial charge on any atom is -0.490 e. The standard InChI is InChI=1S/C29H32N2O5S/c1-20(2)28(23-12-15-26-27(19-23)36-18-6-17-35-26)30-29(32)22-10-13-24(14-11-22)37(33,34)31-16-5-8-21-7-3-4-9-25(21)31/h3-4,7,9-15,19-20,28H,5-6,8,16-18H2,1-2H3,(H,30,32). The molecule has 1 unspecified atom stereocenters. The van der Waals surface area contributed by atoms with E-state index >= 15 is 0 Å². The van der Waals surface area contributed by atoms with Crippen molar-refractivity contribution in [2.75, 3.05) is 24.1 Å². The van der Waals surface area contributed by atoms with Gasteiger partial charge in [0.15, 0.2) is 11.5 Å². The number of fused-ring (bicyclic) bond motifs is 2. The van der Waals surface area contributed by atoms with E-state index < -0.39 is 10.0 Å². The van der Waals surface area contributed by atoms with Crippen LogP contribution < -0.4 is 19.1 Å². The molecule has 0 saturated carbocycles. The number of sulfonamides is 1. The van der Waals surface area contributed by atoms with Crippen molar-refractivity contribution in [2.24, 2.45) is 5.92 Å². The van der Waals surface area contributed by atoms with E-state index in [9.17, 15) is 13.2 Å². The van der Waals surface area contributed by atoms with Gasteiger partial charge in [-0.1, -0.05) is 38.1 Å². The maximum atomic E-state index is 13.4. The Morgan fingerprint density at radius 2 is 1.65 bits per heavy atom. The lowest BCUT2D eigenvalue weighted by Crippen LogP contribution is -2.35. The molecule has 0 spiro atoms. The number of aryl methyl sites for hydroxylation is 1. The van der Waals surface area contributed by atoms with Crippen molar-refractivity contribution in [1.82, 2.24) is 5.32 Å². The zero-order chi connectivity index (χ0) is 26.0. The highest BCUT2D eigenvalue weighted by Crippen LogP contribution is 2.35. The molecule has 0 saturated heterocycles. The van der Waals surface area contributed by atoms with Gasteiger partial charge in [-0.05, 0) is 72.4 Å². The second-order valence-corrected chi connectivity index (χ2v) is 11.6. The van der Waals surface area contributed by atoms with E-state index in [-0.39, 0.29) is 22.8 Å². The third-order valence-electron chi connectivity index (χ3n) is 6.86. The molecular formula is C29H32N2O5S. The van der Waals surface area contributed by atoms with Crippen molar-refractivity contribution in [1.29, 1.82) is 0 Å². The minimum absolute atomic E-state index is 0.118. The van der Waals surface area contributed by atoms with Gasteiger partial charge in [-0.3, -0.25) is 9.10 Å². The van der Waals surface area contributed by atoms with Crippen molar-refractivity contribution in [3.63, 3.8) is 0 Å². The first-order valence-corrected chi connectivity index (χ1v) is 14.2. The summed E-state index contributed by atoms with van der Waals surface area (Å²) in [6.45, 7) is 5.73. The van der Waals surface area contributed by atoms with E-state index in [0.717, 1.165) is 36.1 Å². The Morgan fingerprint density at radius 3 is 2.41 bits per heavy atom. The largest absolute Gasteiger partial charge is 0.490 e. The van der Waals surface area contributed by atoms with Crippen LogP contribution in [-0.2, 0) is 16.4 Å². The summed E-state index contributed by atoms with van der Waals surface area (Å²) in [5.74, 6) is 1.25. The molecule has 1 atom stereocenters. The third kappa shape index (κ3) is 5.16. The highest BCUT2D eigenvalue weighted by molar-refractivity contribution is 7.92. The van der Waals surface area contributed by atoms with Crippen LogP contribution in [0, 0.1) is 5.92 Å². The van der Waals surface area contributed by atoms with Crippen LogP contribution in [0.5, 0.6) is 11.5 Å². The normalized spacial score (nSPS) is 16.0. The van der Waals surface area contributed by atoms with Crippen LogP contribution in [0.1, 0.15) is 54.2 Å². The van der Waals surface area contributed by atoms with Crippen LogP contribution in [0.4, 0.5) is 5.69 Å². The average molecular weight is 521 g/mol. The van der Waals surface area contributed by atoms with E-state index in [2.05, 4.69) is 5.32 Å². The summed E-state index contributed by atoms with van der Waals surface area (Å²) >= 11 is 0. The van der Waals surface area contributed by atoms with Gasteiger partial charge < -0.3 is 14.8 Å². The molecule has 0 aliphatic carbocycles. The van der Waals surface area contributed by atoms with E-state index in [1.807, 2.05) is 56.3 Å². The quantitative estimate of drug-likeness (QED) is 0.488. The molecule has 37 heavy (non-hydrogen) atoms. The van der Waals surface area contributed by atoms with E-state index in [4.69, 9.17) is 9.47 Å². The van der Waals surface area contributed by atoms with Crippen LogP contribution in [0.2, 0.25) is 0 Å². The summed E-state index contributed by atoms with van der Waals surface area (Å²) < 4.78 is 39.9. The van der Waals surface area contributed by atoms with Gasteiger partial charge in [-0.15, -0.1) is 0 Å². The van der Waals surface area contributed by atoms with Crippen molar-refractivity contribution >= 4 is 21.6 Å². The summed E-state index contributed by atoms with van der Waals surface area (Å²) in [5, 5.41) is 3.11. The summed E-state index contributed by atoms with van der Waals surface area (Å²) in [6.07, 6.45) is 2.46. The molecule has 5 rings (SSSR count). The van der Waals surface area contributed by atoms with E-state index in [1.165, 1.54) is 16.4 Å². The van der Waals surface area contributed by atoms with Gasteiger partial charge in [0.05, 0.1) is 29.8 Å². The number of anilines is 1. The molecule has 1 N–H and O–H groups in total. The van der Waals surface area contributed by atoms with Crippen LogP contribution in [0.3, 0.4) is 0 Å². The number of para-hydroxylation sites is 1. The topological polar surface area (TPSA) is 84.9 Å². The Bertz CT molecular complexity index is 1390. The van der Waals surface area contributed by atoms with Gasteiger partial charge in [-0.2, -0.15) is 0 Å². The van der Waals surface area contributed by atoms with Crippen molar-refractivity contribution in [2.45, 2.75) is 44.0 Å². The first-order valence-electron chi connectivity index (χ1n) is 12.8. The lowest BCUT2D eigenvalue weighted by Gasteiger charge is -2.30. The molecule has 3 aromatic carbocycles. The highest BCUT2D eigenvalue weighted by atomic mass is 32.2.